The van der Waals surface area contributed by atoms with Crippen LogP contribution in [0.5, 0.6) is 5.75 Å². The molecule has 1 amide bonds. The van der Waals surface area contributed by atoms with Crippen molar-refractivity contribution < 1.29 is 18.7 Å². The highest BCUT2D eigenvalue weighted by molar-refractivity contribution is 9.09. The van der Waals surface area contributed by atoms with Gasteiger partial charge in [0.2, 0.25) is 0 Å². The summed E-state index contributed by atoms with van der Waals surface area (Å²) in [6.45, 7) is 1.10. The van der Waals surface area contributed by atoms with Crippen molar-refractivity contribution in [2.24, 2.45) is 0 Å². The van der Waals surface area contributed by atoms with Gasteiger partial charge in [-0.3, -0.25) is 4.79 Å². The van der Waals surface area contributed by atoms with Crippen LogP contribution in [0.2, 0.25) is 0 Å². The topological polar surface area (TPSA) is 47.6 Å². The number of nitrogens with one attached hydrogen (secondary N) is 1. The summed E-state index contributed by atoms with van der Waals surface area (Å²) in [5.41, 5.74) is 0.371. The van der Waals surface area contributed by atoms with E-state index in [0.29, 0.717) is 18.7 Å². The molecule has 1 rings (SSSR count). The van der Waals surface area contributed by atoms with Gasteiger partial charge in [-0.1, -0.05) is 15.9 Å². The third kappa shape index (κ3) is 5.16. The van der Waals surface area contributed by atoms with Gasteiger partial charge in [-0.25, -0.2) is 4.39 Å². The SMILES string of the molecule is COCC(Br)CCNC(=O)c1ccc(F)c(OC)c1. The zero-order valence-electron chi connectivity index (χ0n) is 10.9. The van der Waals surface area contributed by atoms with Crippen molar-refractivity contribution in [1.29, 1.82) is 0 Å². The van der Waals surface area contributed by atoms with Crippen LogP contribution in [0.15, 0.2) is 18.2 Å². The standard InChI is InChI=1S/C13H17BrFNO3/c1-18-8-10(14)5-6-16-13(17)9-3-4-11(15)12(7-9)19-2/h3-4,7,10H,5-6,8H2,1-2H3,(H,16,17). The lowest BCUT2D eigenvalue weighted by Crippen LogP contribution is -2.27. The quantitative estimate of drug-likeness (QED) is 0.779. The average molecular weight is 334 g/mol. The predicted molar refractivity (Wildman–Crippen MR) is 74.5 cm³/mol. The Kier molecular flexibility index (Phi) is 6.80. The highest BCUT2D eigenvalue weighted by atomic mass is 79.9. The van der Waals surface area contributed by atoms with Gasteiger partial charge in [-0.05, 0) is 24.6 Å². The van der Waals surface area contributed by atoms with Crippen LogP contribution in [0, 0.1) is 5.82 Å². The first-order chi connectivity index (χ1) is 9.08. The number of benzene rings is 1. The largest absolute Gasteiger partial charge is 0.494 e. The van der Waals surface area contributed by atoms with Gasteiger partial charge in [0, 0.05) is 24.0 Å². The number of carbonyl (C=O) groups is 1. The minimum absolute atomic E-state index is 0.0606. The Bertz CT molecular complexity index is 428. The van der Waals surface area contributed by atoms with Gasteiger partial charge in [-0.15, -0.1) is 0 Å². The first-order valence-electron chi connectivity index (χ1n) is 5.83. The van der Waals surface area contributed by atoms with E-state index in [0.717, 1.165) is 6.42 Å². The summed E-state index contributed by atoms with van der Waals surface area (Å²) in [4.78, 5) is 12.0. The molecule has 1 unspecified atom stereocenters. The van der Waals surface area contributed by atoms with Crippen LogP contribution in [0.4, 0.5) is 4.39 Å². The van der Waals surface area contributed by atoms with Gasteiger partial charge in [-0.2, -0.15) is 0 Å². The summed E-state index contributed by atoms with van der Waals surface area (Å²) in [5.74, 6) is -0.680. The maximum atomic E-state index is 13.2. The fraction of sp³-hybridized carbons (Fsp3) is 0.462. The van der Waals surface area contributed by atoms with Crippen molar-refractivity contribution in [3.63, 3.8) is 0 Å². The molecule has 0 saturated heterocycles. The number of rotatable bonds is 7. The molecule has 0 spiro atoms. The average Bonchev–Trinajstić information content (AvgIpc) is 2.39. The highest BCUT2D eigenvalue weighted by Gasteiger charge is 2.10. The molecular weight excluding hydrogens is 317 g/mol. The van der Waals surface area contributed by atoms with E-state index in [1.165, 1.54) is 25.3 Å². The molecule has 0 bridgehead atoms. The maximum absolute atomic E-state index is 13.2. The Labute approximate surface area is 120 Å². The molecule has 6 heteroatoms. The molecule has 106 valence electrons. The fourth-order valence-electron chi connectivity index (χ4n) is 1.51. The molecule has 0 fully saturated rings. The number of carbonyl (C=O) groups excluding carboxylic acids is 1. The van der Waals surface area contributed by atoms with Crippen LogP contribution in [0.1, 0.15) is 16.8 Å². The lowest BCUT2D eigenvalue weighted by molar-refractivity contribution is 0.0951. The minimum Gasteiger partial charge on any atom is -0.494 e. The number of amides is 1. The third-order valence-electron chi connectivity index (χ3n) is 2.50. The third-order valence-corrected chi connectivity index (χ3v) is 3.23. The van der Waals surface area contributed by atoms with Crippen LogP contribution < -0.4 is 10.1 Å². The number of alkyl halides is 1. The Hall–Kier alpha value is -1.14. The number of methoxy groups -OCH3 is 2. The second kappa shape index (κ2) is 8.12. The summed E-state index contributed by atoms with van der Waals surface area (Å²) in [6, 6.07) is 4.02. The summed E-state index contributed by atoms with van der Waals surface area (Å²) in [5, 5.41) is 2.76. The van der Waals surface area contributed by atoms with Crippen LogP contribution in [-0.4, -0.2) is 38.1 Å². The molecule has 0 aromatic heterocycles. The molecule has 0 saturated carbocycles. The molecule has 0 radical (unpaired) electrons. The Morgan fingerprint density at radius 3 is 2.84 bits per heavy atom. The summed E-state index contributed by atoms with van der Waals surface area (Å²) >= 11 is 3.43. The minimum atomic E-state index is -0.486. The first kappa shape index (κ1) is 15.9. The van der Waals surface area contributed by atoms with Gasteiger partial charge in [0.1, 0.15) is 0 Å². The lowest BCUT2D eigenvalue weighted by atomic mass is 10.2. The summed E-state index contributed by atoms with van der Waals surface area (Å²) in [7, 11) is 2.98. The summed E-state index contributed by atoms with van der Waals surface area (Å²) in [6.07, 6.45) is 0.748. The van der Waals surface area contributed by atoms with Crippen molar-refractivity contribution in [2.75, 3.05) is 27.4 Å². The zero-order chi connectivity index (χ0) is 14.3. The van der Waals surface area contributed by atoms with E-state index in [9.17, 15) is 9.18 Å². The van der Waals surface area contributed by atoms with Gasteiger partial charge in [0.05, 0.1) is 13.7 Å². The molecule has 1 N–H and O–H groups in total. The van der Waals surface area contributed by atoms with Gasteiger partial charge in [0.15, 0.2) is 11.6 Å². The van der Waals surface area contributed by atoms with E-state index in [2.05, 4.69) is 21.2 Å². The maximum Gasteiger partial charge on any atom is 0.251 e. The molecular formula is C13H17BrFNO3. The monoisotopic (exact) mass is 333 g/mol. The van der Waals surface area contributed by atoms with Crippen LogP contribution in [0.3, 0.4) is 0 Å². The highest BCUT2D eigenvalue weighted by Crippen LogP contribution is 2.18. The zero-order valence-corrected chi connectivity index (χ0v) is 12.5. The first-order valence-corrected chi connectivity index (χ1v) is 6.74. The molecule has 0 aliphatic heterocycles. The molecule has 0 aliphatic carbocycles. The van der Waals surface area contributed by atoms with Crippen LogP contribution >= 0.6 is 15.9 Å². The Morgan fingerprint density at radius 1 is 1.47 bits per heavy atom. The second-order valence-corrected chi connectivity index (χ2v) is 5.24. The van der Waals surface area contributed by atoms with Crippen molar-refractivity contribution in [3.8, 4) is 5.75 Å². The molecule has 19 heavy (non-hydrogen) atoms. The Morgan fingerprint density at radius 2 is 2.21 bits per heavy atom. The molecule has 1 aromatic rings. The number of hydrogen-bond donors (Lipinski definition) is 1. The predicted octanol–water partition coefficient (Wildman–Crippen LogP) is 2.36. The number of hydrogen-bond acceptors (Lipinski definition) is 3. The fourth-order valence-corrected chi connectivity index (χ4v) is 2.00. The second-order valence-electron chi connectivity index (χ2n) is 3.95. The Balaban J connectivity index is 2.49. The number of ether oxygens (including phenoxy) is 2. The van der Waals surface area contributed by atoms with Crippen molar-refractivity contribution in [1.82, 2.24) is 5.32 Å². The van der Waals surface area contributed by atoms with Crippen molar-refractivity contribution >= 4 is 21.8 Å². The summed E-state index contributed by atoms with van der Waals surface area (Å²) < 4.78 is 23.0. The molecule has 1 atom stereocenters. The van der Waals surface area contributed by atoms with E-state index in [4.69, 9.17) is 9.47 Å². The van der Waals surface area contributed by atoms with E-state index in [1.54, 1.807) is 7.11 Å². The van der Waals surface area contributed by atoms with Crippen LogP contribution in [0.25, 0.3) is 0 Å². The smallest absolute Gasteiger partial charge is 0.251 e. The molecule has 1 aromatic carbocycles. The number of halogens is 2. The van der Waals surface area contributed by atoms with E-state index in [-0.39, 0.29) is 16.5 Å². The molecule has 0 aliphatic rings. The van der Waals surface area contributed by atoms with Crippen LogP contribution in [-0.2, 0) is 4.74 Å². The molecule has 4 nitrogen and oxygen atoms in total. The normalized spacial score (nSPS) is 12.0. The van der Waals surface area contributed by atoms with E-state index < -0.39 is 5.82 Å². The van der Waals surface area contributed by atoms with Gasteiger partial charge >= 0.3 is 0 Å². The van der Waals surface area contributed by atoms with Gasteiger partial charge in [0.25, 0.3) is 5.91 Å². The molecule has 0 heterocycles. The van der Waals surface area contributed by atoms with Crippen molar-refractivity contribution in [3.05, 3.63) is 29.6 Å². The van der Waals surface area contributed by atoms with Gasteiger partial charge < -0.3 is 14.8 Å². The van der Waals surface area contributed by atoms with E-state index >= 15 is 0 Å². The van der Waals surface area contributed by atoms with Crippen molar-refractivity contribution in [2.45, 2.75) is 11.2 Å². The van der Waals surface area contributed by atoms with E-state index in [1.807, 2.05) is 0 Å². The lowest BCUT2D eigenvalue weighted by Gasteiger charge is -2.10.